The van der Waals surface area contributed by atoms with Crippen LogP contribution in [0.1, 0.15) is 12.5 Å². The summed E-state index contributed by atoms with van der Waals surface area (Å²) >= 11 is 0. The number of methoxy groups -OCH3 is 3. The number of aromatic nitrogens is 2. The zero-order chi connectivity index (χ0) is 19.9. The second-order valence-electron chi connectivity index (χ2n) is 5.96. The fraction of sp³-hybridized carbons (Fsp3) is 0.238. The van der Waals surface area contributed by atoms with E-state index in [1.54, 1.807) is 21.3 Å². The van der Waals surface area contributed by atoms with Gasteiger partial charge in [-0.3, -0.25) is 0 Å². The Morgan fingerprint density at radius 1 is 0.821 bits per heavy atom. The number of anilines is 4. The number of aryl methyl sites for hydroxylation is 1. The average molecular weight is 380 g/mol. The van der Waals surface area contributed by atoms with E-state index < -0.39 is 0 Å². The minimum Gasteiger partial charge on any atom is -0.493 e. The minimum atomic E-state index is 0.539. The molecule has 0 aliphatic carbocycles. The topological polar surface area (TPSA) is 77.5 Å². The van der Waals surface area contributed by atoms with Gasteiger partial charge in [0.15, 0.2) is 11.5 Å². The number of hydrogen-bond donors (Lipinski definition) is 2. The van der Waals surface area contributed by atoms with Crippen LogP contribution in [0.4, 0.5) is 23.0 Å². The molecule has 146 valence electrons. The standard InChI is InChI=1S/C21H24N4O3/c1-5-14-8-6-7-9-16(14)25-20-12-19(22-13-23-20)24-15-10-17(26-2)21(28-4)18(11-15)27-3/h6-13H,5H2,1-4H3,(H2,22,23,24,25). The molecule has 28 heavy (non-hydrogen) atoms. The van der Waals surface area contributed by atoms with E-state index in [2.05, 4.69) is 33.6 Å². The van der Waals surface area contributed by atoms with Crippen molar-refractivity contribution in [2.24, 2.45) is 0 Å². The lowest BCUT2D eigenvalue weighted by atomic mass is 10.1. The van der Waals surface area contributed by atoms with Gasteiger partial charge in [-0.05, 0) is 18.1 Å². The monoisotopic (exact) mass is 380 g/mol. The predicted octanol–water partition coefficient (Wildman–Crippen LogP) is 4.55. The van der Waals surface area contributed by atoms with E-state index in [1.165, 1.54) is 11.9 Å². The molecular formula is C21H24N4O3. The first-order valence-electron chi connectivity index (χ1n) is 8.92. The molecule has 3 rings (SSSR count). The molecule has 7 heteroatoms. The highest BCUT2D eigenvalue weighted by molar-refractivity contribution is 5.69. The molecule has 0 saturated carbocycles. The lowest BCUT2D eigenvalue weighted by molar-refractivity contribution is 0.324. The lowest BCUT2D eigenvalue weighted by Crippen LogP contribution is -2.01. The molecule has 3 aromatic rings. The van der Waals surface area contributed by atoms with Gasteiger partial charge in [-0.2, -0.15) is 0 Å². The van der Waals surface area contributed by atoms with Crippen molar-refractivity contribution in [2.75, 3.05) is 32.0 Å². The molecule has 1 aromatic heterocycles. The molecule has 0 amide bonds. The van der Waals surface area contributed by atoms with E-state index in [4.69, 9.17) is 14.2 Å². The first-order chi connectivity index (χ1) is 13.7. The number of nitrogens with one attached hydrogen (secondary N) is 2. The lowest BCUT2D eigenvalue weighted by Gasteiger charge is -2.15. The molecule has 0 spiro atoms. The maximum Gasteiger partial charge on any atom is 0.203 e. The van der Waals surface area contributed by atoms with Crippen LogP contribution < -0.4 is 24.8 Å². The molecule has 7 nitrogen and oxygen atoms in total. The highest BCUT2D eigenvalue weighted by Gasteiger charge is 2.13. The quantitative estimate of drug-likeness (QED) is 0.593. The summed E-state index contributed by atoms with van der Waals surface area (Å²) in [5, 5.41) is 6.61. The Labute approximate surface area is 164 Å². The summed E-state index contributed by atoms with van der Waals surface area (Å²) < 4.78 is 16.1. The molecule has 0 saturated heterocycles. The Balaban J connectivity index is 1.85. The van der Waals surface area contributed by atoms with Gasteiger partial charge in [0.2, 0.25) is 5.75 Å². The van der Waals surface area contributed by atoms with Gasteiger partial charge in [0.1, 0.15) is 18.0 Å². The van der Waals surface area contributed by atoms with Crippen molar-refractivity contribution in [1.29, 1.82) is 0 Å². The van der Waals surface area contributed by atoms with Gasteiger partial charge in [-0.1, -0.05) is 25.1 Å². The van der Waals surface area contributed by atoms with Crippen molar-refractivity contribution < 1.29 is 14.2 Å². The molecule has 0 aliphatic rings. The van der Waals surface area contributed by atoms with Gasteiger partial charge >= 0.3 is 0 Å². The van der Waals surface area contributed by atoms with Crippen LogP contribution in [0, 0.1) is 0 Å². The summed E-state index contributed by atoms with van der Waals surface area (Å²) in [7, 11) is 4.74. The van der Waals surface area contributed by atoms with E-state index in [9.17, 15) is 0 Å². The molecular weight excluding hydrogens is 356 g/mol. The van der Waals surface area contributed by atoms with Crippen molar-refractivity contribution in [1.82, 2.24) is 9.97 Å². The number of hydrogen-bond acceptors (Lipinski definition) is 7. The van der Waals surface area contributed by atoms with Crippen LogP contribution in [0.3, 0.4) is 0 Å². The van der Waals surface area contributed by atoms with Crippen molar-refractivity contribution in [3.05, 3.63) is 54.4 Å². The van der Waals surface area contributed by atoms with Crippen LogP contribution in [0.5, 0.6) is 17.2 Å². The molecule has 0 bridgehead atoms. The predicted molar refractivity (Wildman–Crippen MR) is 111 cm³/mol. The molecule has 0 fully saturated rings. The first kappa shape index (κ1) is 19.3. The van der Waals surface area contributed by atoms with Gasteiger partial charge in [0, 0.05) is 29.6 Å². The van der Waals surface area contributed by atoms with Gasteiger partial charge < -0.3 is 24.8 Å². The Morgan fingerprint density at radius 2 is 1.46 bits per heavy atom. The summed E-state index contributed by atoms with van der Waals surface area (Å²) in [5.74, 6) is 3.01. The third kappa shape index (κ3) is 4.25. The second kappa shape index (κ2) is 8.94. The number of rotatable bonds is 8. The van der Waals surface area contributed by atoms with Gasteiger partial charge in [0.05, 0.1) is 21.3 Å². The summed E-state index contributed by atoms with van der Waals surface area (Å²) in [4.78, 5) is 8.61. The third-order valence-corrected chi connectivity index (χ3v) is 4.27. The average Bonchev–Trinajstić information content (AvgIpc) is 2.73. The minimum absolute atomic E-state index is 0.539. The molecule has 0 aliphatic heterocycles. The molecule has 0 radical (unpaired) electrons. The maximum atomic E-state index is 5.40. The van der Waals surface area contributed by atoms with E-state index in [-0.39, 0.29) is 0 Å². The smallest absolute Gasteiger partial charge is 0.203 e. The molecule has 2 N–H and O–H groups in total. The largest absolute Gasteiger partial charge is 0.493 e. The highest BCUT2D eigenvalue weighted by Crippen LogP contribution is 2.40. The zero-order valence-corrected chi connectivity index (χ0v) is 16.4. The van der Waals surface area contributed by atoms with Gasteiger partial charge in [-0.25, -0.2) is 9.97 Å². The third-order valence-electron chi connectivity index (χ3n) is 4.27. The van der Waals surface area contributed by atoms with Gasteiger partial charge in [-0.15, -0.1) is 0 Å². The Morgan fingerprint density at radius 3 is 2.07 bits per heavy atom. The SMILES string of the molecule is CCc1ccccc1Nc1cc(Nc2cc(OC)c(OC)c(OC)c2)ncn1. The van der Waals surface area contributed by atoms with Crippen LogP contribution in [0.15, 0.2) is 48.8 Å². The van der Waals surface area contributed by atoms with E-state index in [0.29, 0.717) is 28.9 Å². The zero-order valence-electron chi connectivity index (χ0n) is 16.4. The fourth-order valence-corrected chi connectivity index (χ4v) is 2.88. The number of ether oxygens (including phenoxy) is 3. The Hall–Kier alpha value is -3.48. The maximum absolute atomic E-state index is 5.40. The molecule has 0 atom stereocenters. The fourth-order valence-electron chi connectivity index (χ4n) is 2.88. The summed E-state index contributed by atoms with van der Waals surface area (Å²) in [5.41, 5.74) is 3.01. The summed E-state index contributed by atoms with van der Waals surface area (Å²) in [6.45, 7) is 2.12. The summed E-state index contributed by atoms with van der Waals surface area (Å²) in [6.07, 6.45) is 2.45. The Kier molecular flexibility index (Phi) is 6.16. The second-order valence-corrected chi connectivity index (χ2v) is 5.96. The molecule has 1 heterocycles. The van der Waals surface area contributed by atoms with Crippen LogP contribution >= 0.6 is 0 Å². The van der Waals surface area contributed by atoms with Crippen LogP contribution in [-0.2, 0) is 6.42 Å². The normalized spacial score (nSPS) is 10.3. The highest BCUT2D eigenvalue weighted by atomic mass is 16.5. The van der Waals surface area contributed by atoms with Crippen LogP contribution in [-0.4, -0.2) is 31.3 Å². The molecule has 0 unspecified atom stereocenters. The first-order valence-corrected chi connectivity index (χ1v) is 8.92. The summed E-state index contributed by atoms with van der Waals surface area (Å²) in [6, 6.07) is 13.6. The van der Waals surface area contributed by atoms with Crippen LogP contribution in [0.2, 0.25) is 0 Å². The Bertz CT molecular complexity index is 921. The van der Waals surface area contributed by atoms with Crippen molar-refractivity contribution >= 4 is 23.0 Å². The van der Waals surface area contributed by atoms with Gasteiger partial charge in [0.25, 0.3) is 0 Å². The van der Waals surface area contributed by atoms with Crippen molar-refractivity contribution in [3.8, 4) is 17.2 Å². The van der Waals surface area contributed by atoms with E-state index >= 15 is 0 Å². The number of para-hydroxylation sites is 1. The van der Waals surface area contributed by atoms with Crippen molar-refractivity contribution in [3.63, 3.8) is 0 Å². The van der Waals surface area contributed by atoms with E-state index in [1.807, 2.05) is 36.4 Å². The van der Waals surface area contributed by atoms with E-state index in [0.717, 1.165) is 17.8 Å². The number of nitrogens with zero attached hydrogens (tertiary/aromatic N) is 2. The van der Waals surface area contributed by atoms with Crippen LogP contribution in [0.25, 0.3) is 0 Å². The number of benzene rings is 2. The molecule has 2 aromatic carbocycles. The van der Waals surface area contributed by atoms with Crippen molar-refractivity contribution in [2.45, 2.75) is 13.3 Å².